The molecule has 1 unspecified atom stereocenters. The molecular formula is C29H33N3O6S. The molecule has 0 spiro atoms. The summed E-state index contributed by atoms with van der Waals surface area (Å²) in [6, 6.07) is 13.7. The number of hydrogen-bond acceptors (Lipinski definition) is 8. The van der Waals surface area contributed by atoms with E-state index >= 15 is 0 Å². The number of hydrazone groups is 1. The van der Waals surface area contributed by atoms with Crippen molar-refractivity contribution in [1.82, 2.24) is 5.43 Å². The van der Waals surface area contributed by atoms with Gasteiger partial charge < -0.3 is 19.5 Å². The van der Waals surface area contributed by atoms with Gasteiger partial charge in [0.15, 0.2) is 6.10 Å². The fraction of sp³-hybridized carbons (Fsp3) is 0.310. The quantitative estimate of drug-likeness (QED) is 0.174. The minimum Gasteiger partial charge on any atom is -0.494 e. The van der Waals surface area contributed by atoms with Crippen molar-refractivity contribution >= 4 is 40.3 Å². The third-order valence-electron chi connectivity index (χ3n) is 5.63. The zero-order valence-electron chi connectivity index (χ0n) is 22.7. The van der Waals surface area contributed by atoms with Gasteiger partial charge in [0.1, 0.15) is 16.5 Å². The molecule has 9 nitrogen and oxygen atoms in total. The molecular weight excluding hydrogens is 518 g/mol. The van der Waals surface area contributed by atoms with Gasteiger partial charge in [-0.1, -0.05) is 6.92 Å². The Morgan fingerprint density at radius 2 is 1.67 bits per heavy atom. The van der Waals surface area contributed by atoms with Crippen LogP contribution in [0.25, 0.3) is 0 Å². The van der Waals surface area contributed by atoms with Crippen LogP contribution in [0.1, 0.15) is 63.9 Å². The number of rotatable bonds is 12. The van der Waals surface area contributed by atoms with Gasteiger partial charge in [-0.25, -0.2) is 10.2 Å². The van der Waals surface area contributed by atoms with Crippen LogP contribution in [0.2, 0.25) is 0 Å². The number of amides is 2. The molecule has 0 aliphatic rings. The molecule has 0 radical (unpaired) electrons. The molecule has 0 saturated heterocycles. The highest BCUT2D eigenvalue weighted by Gasteiger charge is 2.22. The van der Waals surface area contributed by atoms with Crippen LogP contribution in [0.5, 0.6) is 11.5 Å². The van der Waals surface area contributed by atoms with E-state index in [2.05, 4.69) is 15.8 Å². The summed E-state index contributed by atoms with van der Waals surface area (Å²) in [5, 5.41) is 7.23. The number of aryl methyl sites for hydroxylation is 1. The predicted molar refractivity (Wildman–Crippen MR) is 152 cm³/mol. The van der Waals surface area contributed by atoms with Crippen LogP contribution in [0.4, 0.5) is 5.00 Å². The first-order chi connectivity index (χ1) is 18.7. The van der Waals surface area contributed by atoms with E-state index in [4.69, 9.17) is 14.2 Å². The van der Waals surface area contributed by atoms with Crippen LogP contribution in [0.15, 0.2) is 53.6 Å². The molecule has 10 heteroatoms. The molecule has 0 bridgehead atoms. The largest absolute Gasteiger partial charge is 0.494 e. The van der Waals surface area contributed by atoms with Crippen molar-refractivity contribution in [1.29, 1.82) is 0 Å². The number of hydrogen-bond donors (Lipinski definition) is 2. The van der Waals surface area contributed by atoms with Crippen molar-refractivity contribution in [3.63, 3.8) is 0 Å². The zero-order valence-corrected chi connectivity index (χ0v) is 23.5. The Hall–Kier alpha value is -4.18. The minimum atomic E-state index is -0.823. The monoisotopic (exact) mass is 551 g/mol. The number of thiophene rings is 1. The van der Waals surface area contributed by atoms with Crippen LogP contribution < -0.4 is 20.2 Å². The number of nitrogens with one attached hydrogen (secondary N) is 2. The second kappa shape index (κ2) is 14.1. The second-order valence-corrected chi connectivity index (χ2v) is 9.82. The number of anilines is 1. The molecule has 0 saturated carbocycles. The van der Waals surface area contributed by atoms with Gasteiger partial charge in [-0.15, -0.1) is 11.3 Å². The molecule has 2 N–H and O–H groups in total. The van der Waals surface area contributed by atoms with E-state index in [0.29, 0.717) is 28.5 Å². The van der Waals surface area contributed by atoms with Gasteiger partial charge in [-0.2, -0.15) is 5.10 Å². The molecule has 2 aromatic carbocycles. The summed E-state index contributed by atoms with van der Waals surface area (Å²) < 4.78 is 16.4. The minimum absolute atomic E-state index is 0.244. The van der Waals surface area contributed by atoms with Gasteiger partial charge in [0, 0.05) is 10.4 Å². The first-order valence-electron chi connectivity index (χ1n) is 12.6. The SMILES string of the molecule is CCCOc1ccc(C=NNC(=O)C(C)Oc2ccc(C(=O)Nc3sc(C)c(C)c3C(=O)OCC)cc2)cc1. The van der Waals surface area contributed by atoms with Crippen molar-refractivity contribution < 1.29 is 28.6 Å². The van der Waals surface area contributed by atoms with E-state index in [1.807, 2.05) is 45.0 Å². The van der Waals surface area contributed by atoms with E-state index in [-0.39, 0.29) is 12.5 Å². The van der Waals surface area contributed by atoms with Crippen molar-refractivity contribution in [2.75, 3.05) is 18.5 Å². The third-order valence-corrected chi connectivity index (χ3v) is 6.75. The van der Waals surface area contributed by atoms with Crippen molar-refractivity contribution in [3.8, 4) is 11.5 Å². The van der Waals surface area contributed by atoms with Crippen LogP contribution in [0.3, 0.4) is 0 Å². The Balaban J connectivity index is 1.54. The van der Waals surface area contributed by atoms with E-state index in [1.165, 1.54) is 17.6 Å². The maximum atomic E-state index is 12.8. The molecule has 39 heavy (non-hydrogen) atoms. The maximum absolute atomic E-state index is 12.8. The molecule has 0 aliphatic heterocycles. The topological polar surface area (TPSA) is 115 Å². The number of esters is 1. The highest BCUT2D eigenvalue weighted by atomic mass is 32.1. The summed E-state index contributed by atoms with van der Waals surface area (Å²) in [6.07, 6.45) is 1.64. The smallest absolute Gasteiger partial charge is 0.341 e. The fourth-order valence-corrected chi connectivity index (χ4v) is 4.46. The lowest BCUT2D eigenvalue weighted by Crippen LogP contribution is -2.33. The Labute approximate surface area is 232 Å². The van der Waals surface area contributed by atoms with Gasteiger partial charge in [0.2, 0.25) is 0 Å². The Kier molecular flexibility index (Phi) is 10.6. The van der Waals surface area contributed by atoms with Gasteiger partial charge in [-0.05, 0) is 93.8 Å². The molecule has 2 amide bonds. The molecule has 206 valence electrons. The van der Waals surface area contributed by atoms with E-state index in [9.17, 15) is 14.4 Å². The third kappa shape index (κ3) is 8.15. The number of nitrogens with zero attached hydrogens (tertiary/aromatic N) is 1. The van der Waals surface area contributed by atoms with Crippen LogP contribution in [-0.4, -0.2) is 43.3 Å². The fourth-order valence-electron chi connectivity index (χ4n) is 3.41. The van der Waals surface area contributed by atoms with Gasteiger partial charge >= 0.3 is 5.97 Å². The normalized spacial score (nSPS) is 11.6. The summed E-state index contributed by atoms with van der Waals surface area (Å²) in [7, 11) is 0. The van der Waals surface area contributed by atoms with Crippen LogP contribution in [-0.2, 0) is 9.53 Å². The van der Waals surface area contributed by atoms with Crippen LogP contribution in [0, 0.1) is 13.8 Å². The maximum Gasteiger partial charge on any atom is 0.341 e. The zero-order chi connectivity index (χ0) is 28.4. The summed E-state index contributed by atoms with van der Waals surface area (Å²) in [6.45, 7) is 9.98. The number of carbonyl (C=O) groups excluding carboxylic acids is 3. The molecule has 3 rings (SSSR count). The van der Waals surface area contributed by atoms with Crippen molar-refractivity contribution in [2.24, 2.45) is 5.10 Å². The molecule has 1 heterocycles. The molecule has 0 fully saturated rings. The van der Waals surface area contributed by atoms with E-state index in [0.717, 1.165) is 28.2 Å². The average Bonchev–Trinajstić information content (AvgIpc) is 3.20. The highest BCUT2D eigenvalue weighted by molar-refractivity contribution is 7.16. The lowest BCUT2D eigenvalue weighted by Gasteiger charge is -2.13. The summed E-state index contributed by atoms with van der Waals surface area (Å²) in [5.74, 6) is -0.0770. The molecule has 1 atom stereocenters. The number of ether oxygens (including phenoxy) is 3. The first kappa shape index (κ1) is 29.4. The highest BCUT2D eigenvalue weighted by Crippen LogP contribution is 2.33. The average molecular weight is 552 g/mol. The lowest BCUT2D eigenvalue weighted by atomic mass is 10.1. The van der Waals surface area contributed by atoms with Crippen molar-refractivity contribution in [2.45, 2.75) is 47.1 Å². The van der Waals surface area contributed by atoms with Crippen LogP contribution >= 0.6 is 11.3 Å². The standard InChI is InChI=1S/C29H33N3O6S/c1-6-16-37-23-12-8-21(9-13-23)17-30-32-26(33)19(4)38-24-14-10-22(11-15-24)27(34)31-28-25(29(35)36-7-2)18(3)20(5)39-28/h8-15,17,19H,6-7,16H2,1-5H3,(H,31,34)(H,32,33). The summed E-state index contributed by atoms with van der Waals surface area (Å²) in [4.78, 5) is 38.5. The lowest BCUT2D eigenvalue weighted by molar-refractivity contribution is -0.127. The summed E-state index contributed by atoms with van der Waals surface area (Å²) in [5.41, 5.74) is 4.79. The Bertz CT molecular complexity index is 1320. The van der Waals surface area contributed by atoms with Gasteiger partial charge in [-0.3, -0.25) is 9.59 Å². The van der Waals surface area contributed by atoms with E-state index in [1.54, 1.807) is 38.1 Å². The molecule has 3 aromatic rings. The number of benzene rings is 2. The van der Waals surface area contributed by atoms with E-state index < -0.39 is 18.0 Å². The molecule has 1 aromatic heterocycles. The summed E-state index contributed by atoms with van der Waals surface area (Å²) >= 11 is 1.32. The molecule has 0 aliphatic carbocycles. The number of carbonyl (C=O) groups is 3. The Morgan fingerprint density at radius 3 is 2.31 bits per heavy atom. The Morgan fingerprint density at radius 1 is 1.00 bits per heavy atom. The van der Waals surface area contributed by atoms with Gasteiger partial charge in [0.25, 0.3) is 11.8 Å². The second-order valence-electron chi connectivity index (χ2n) is 8.60. The van der Waals surface area contributed by atoms with Crippen molar-refractivity contribution in [3.05, 3.63) is 75.7 Å². The first-order valence-corrected chi connectivity index (χ1v) is 13.5. The van der Waals surface area contributed by atoms with Gasteiger partial charge in [0.05, 0.1) is 25.0 Å². The predicted octanol–water partition coefficient (Wildman–Crippen LogP) is 5.50.